The molecule has 1 fully saturated rings. The van der Waals surface area contributed by atoms with Crippen molar-refractivity contribution in [2.75, 3.05) is 18.9 Å². The van der Waals surface area contributed by atoms with Crippen LogP contribution in [0, 0.1) is 11.8 Å². The molecule has 0 aromatic carbocycles. The molecule has 2 aromatic rings. The molecule has 0 amide bonds. The Morgan fingerprint density at radius 3 is 2.76 bits per heavy atom. The van der Waals surface area contributed by atoms with Crippen LogP contribution in [0.3, 0.4) is 0 Å². The van der Waals surface area contributed by atoms with Gasteiger partial charge in [0.25, 0.3) is 0 Å². The molecule has 3 aliphatic rings. The van der Waals surface area contributed by atoms with Gasteiger partial charge in [-0.2, -0.15) is 0 Å². The number of aromatic nitrogens is 4. The summed E-state index contributed by atoms with van der Waals surface area (Å²) in [6.45, 7) is 1.75. The third-order valence-electron chi connectivity index (χ3n) is 5.81. The first-order valence-corrected chi connectivity index (χ1v) is 14.1. The van der Waals surface area contributed by atoms with Gasteiger partial charge in [-0.3, -0.25) is 0 Å². The fourth-order valence-corrected chi connectivity index (χ4v) is 6.19. The van der Waals surface area contributed by atoms with Crippen LogP contribution in [0.1, 0.15) is 13.2 Å². The Bertz CT molecular complexity index is 1200. The van der Waals surface area contributed by atoms with Gasteiger partial charge in [0.1, 0.15) is 0 Å². The van der Waals surface area contributed by atoms with Gasteiger partial charge >= 0.3 is 196 Å². The summed E-state index contributed by atoms with van der Waals surface area (Å²) in [5, 5.41) is 11.6. The van der Waals surface area contributed by atoms with Crippen molar-refractivity contribution in [3.05, 3.63) is 53.8 Å². The molecule has 4 N–H and O–H groups in total. The Labute approximate surface area is 202 Å². The predicted octanol–water partition coefficient (Wildman–Crippen LogP) is 1.66. The minimum atomic E-state index is -3.38. The van der Waals surface area contributed by atoms with E-state index >= 15 is 0 Å². The molecular weight excluding hydrogens is 476 g/mol. The number of ether oxygens (including phenoxy) is 1. The molecule has 10 nitrogen and oxygen atoms in total. The maximum absolute atomic E-state index is 11.1. The second kappa shape index (κ2) is 9.54. The van der Waals surface area contributed by atoms with E-state index in [1.165, 1.54) is 25.7 Å². The first kappa shape index (κ1) is 23.7. The minimum absolute atomic E-state index is 0.117. The van der Waals surface area contributed by atoms with E-state index in [-0.39, 0.29) is 24.9 Å². The molecule has 13 heteroatoms. The average molecular weight is 503 g/mol. The number of fused-ring (bicyclic) bond motifs is 2. The Kier molecular flexibility index (Phi) is 6.65. The molecular formula is C21H27BN5O5PS. The van der Waals surface area contributed by atoms with E-state index in [2.05, 4.69) is 46.4 Å². The van der Waals surface area contributed by atoms with Crippen LogP contribution in [0.25, 0.3) is 11.2 Å². The SMILES string of the molecule is B[PH]1(O)OC[C@H](C)O[C@@H](n2c(SC3=C[C@H]4C=CC=CC4C=C3)nc3c(N)ncnc32)[C@@H](O)CO1. The summed E-state index contributed by atoms with van der Waals surface area (Å²) in [7, 11) is -1.86. The van der Waals surface area contributed by atoms with E-state index in [9.17, 15) is 10.00 Å². The molecule has 34 heavy (non-hydrogen) atoms. The first-order valence-electron chi connectivity index (χ1n) is 11.1. The van der Waals surface area contributed by atoms with Crippen LogP contribution < -0.4 is 5.73 Å². The number of allylic oxidation sites excluding steroid dienone is 7. The van der Waals surface area contributed by atoms with E-state index in [1.54, 1.807) is 11.5 Å². The van der Waals surface area contributed by atoms with Crippen LogP contribution in [0.4, 0.5) is 5.82 Å². The number of nitrogens with zero attached hydrogens (tertiary/aromatic N) is 4. The molecule has 0 bridgehead atoms. The fraction of sp³-hybridized carbons (Fsp3) is 0.381. The number of thioether (sulfide) groups is 1. The van der Waals surface area contributed by atoms with Gasteiger partial charge in [0.2, 0.25) is 0 Å². The van der Waals surface area contributed by atoms with Crippen molar-refractivity contribution >= 4 is 44.1 Å². The number of rotatable bonds is 3. The molecule has 1 saturated heterocycles. The molecule has 0 spiro atoms. The third-order valence-corrected chi connectivity index (χ3v) is 8.19. The van der Waals surface area contributed by atoms with Gasteiger partial charge in [0.15, 0.2) is 0 Å². The quantitative estimate of drug-likeness (QED) is 0.419. The predicted molar refractivity (Wildman–Crippen MR) is 135 cm³/mol. The zero-order valence-electron chi connectivity index (χ0n) is 18.8. The van der Waals surface area contributed by atoms with Crippen LogP contribution in [0.2, 0.25) is 0 Å². The van der Waals surface area contributed by atoms with Gasteiger partial charge in [-0.25, -0.2) is 0 Å². The second-order valence-corrected chi connectivity index (χ2v) is 12.0. The molecule has 3 heterocycles. The number of hydrogen-bond acceptors (Lipinski definition) is 10. The average Bonchev–Trinajstić information content (AvgIpc) is 3.19. The molecule has 0 radical (unpaired) electrons. The number of aliphatic hydroxyl groups is 1. The van der Waals surface area contributed by atoms with Gasteiger partial charge in [0.05, 0.1) is 0 Å². The topological polar surface area (TPSA) is 138 Å². The summed E-state index contributed by atoms with van der Waals surface area (Å²) < 4.78 is 19.0. The van der Waals surface area contributed by atoms with Crippen molar-refractivity contribution in [1.82, 2.24) is 19.5 Å². The zero-order valence-corrected chi connectivity index (χ0v) is 20.6. The van der Waals surface area contributed by atoms with Crippen LogP contribution in [0.15, 0.2) is 58.9 Å². The Morgan fingerprint density at radius 1 is 1.18 bits per heavy atom. The van der Waals surface area contributed by atoms with Crippen LogP contribution in [-0.4, -0.2) is 62.5 Å². The van der Waals surface area contributed by atoms with Gasteiger partial charge in [-0.15, -0.1) is 0 Å². The number of imidazole rings is 1. The van der Waals surface area contributed by atoms with Crippen molar-refractivity contribution in [1.29, 1.82) is 0 Å². The summed E-state index contributed by atoms with van der Waals surface area (Å²) in [5.74, 6) is 0.841. The van der Waals surface area contributed by atoms with Crippen molar-refractivity contribution in [3.8, 4) is 0 Å². The summed E-state index contributed by atoms with van der Waals surface area (Å²) in [6, 6.07) is 0. The van der Waals surface area contributed by atoms with E-state index in [4.69, 9.17) is 24.5 Å². The molecule has 180 valence electrons. The van der Waals surface area contributed by atoms with Gasteiger partial charge in [0, 0.05) is 0 Å². The van der Waals surface area contributed by atoms with E-state index in [1.807, 2.05) is 6.08 Å². The Morgan fingerprint density at radius 2 is 1.94 bits per heavy atom. The summed E-state index contributed by atoms with van der Waals surface area (Å²) in [6.07, 6.45) is 13.8. The van der Waals surface area contributed by atoms with Crippen molar-refractivity contribution in [2.24, 2.45) is 11.8 Å². The normalized spacial score (nSPS) is 31.9. The van der Waals surface area contributed by atoms with Crippen LogP contribution in [-0.2, 0) is 13.8 Å². The van der Waals surface area contributed by atoms with Crippen LogP contribution in [0.5, 0.6) is 0 Å². The van der Waals surface area contributed by atoms with Crippen LogP contribution >= 0.6 is 19.6 Å². The molecule has 2 aromatic heterocycles. The molecule has 5 rings (SSSR count). The zero-order chi connectivity index (χ0) is 23.9. The third kappa shape index (κ3) is 4.85. The Balaban J connectivity index is 1.54. The molecule has 1 unspecified atom stereocenters. The number of nitrogen functional groups attached to an aromatic ring is 1. The fourth-order valence-electron chi connectivity index (χ4n) is 4.07. The number of anilines is 1. The standard InChI is InChI=1S/C21H27BN5O5PS/c1-12-9-30-33(22,29)31-10-16(28)20(32-12)27-19-17(18(23)24-11-25-19)26-21(27)34-15-7-6-13-4-2-3-5-14(13)8-15/h2-8,11-14,16,20,28-29,33H,9-10,22H2,1H3,(H2,23,24,25)/t12-,13?,14+,16-,20+/m0/s1. The van der Waals surface area contributed by atoms with Gasteiger partial charge in [-0.1, -0.05) is 6.08 Å². The Hall–Kier alpha value is -2.05. The molecule has 1 aliphatic heterocycles. The molecule has 0 saturated carbocycles. The number of nitrogens with two attached hydrogens (primary N) is 1. The first-order chi connectivity index (χ1) is 16.3. The van der Waals surface area contributed by atoms with Crippen molar-refractivity contribution in [3.63, 3.8) is 0 Å². The number of aliphatic hydroxyl groups excluding tert-OH is 1. The van der Waals surface area contributed by atoms with Crippen molar-refractivity contribution in [2.45, 2.75) is 30.5 Å². The van der Waals surface area contributed by atoms with Gasteiger partial charge in [-0.05, 0) is 0 Å². The van der Waals surface area contributed by atoms with E-state index in [0.29, 0.717) is 22.2 Å². The summed E-state index contributed by atoms with van der Waals surface area (Å²) in [5.41, 5.74) is 6.97. The maximum atomic E-state index is 11.1. The monoisotopic (exact) mass is 503 g/mol. The van der Waals surface area contributed by atoms with Crippen molar-refractivity contribution < 1.29 is 23.8 Å². The summed E-state index contributed by atoms with van der Waals surface area (Å²) >= 11 is 1.44. The molecule has 5 atom stereocenters. The van der Waals surface area contributed by atoms with E-state index in [0.717, 1.165) is 4.91 Å². The summed E-state index contributed by atoms with van der Waals surface area (Å²) in [4.78, 5) is 24.6. The number of hydrogen-bond donors (Lipinski definition) is 3. The van der Waals surface area contributed by atoms with Gasteiger partial charge < -0.3 is 0 Å². The molecule has 2 aliphatic carbocycles. The second-order valence-electron chi connectivity index (χ2n) is 8.57. The van der Waals surface area contributed by atoms with E-state index < -0.39 is 26.3 Å².